The highest BCUT2D eigenvalue weighted by molar-refractivity contribution is 5.89. The van der Waals surface area contributed by atoms with E-state index >= 15 is 0 Å². The molecule has 1 saturated heterocycles. The largest absolute Gasteiger partial charge is 0.372 e. The van der Waals surface area contributed by atoms with E-state index in [9.17, 15) is 4.79 Å². The predicted octanol–water partition coefficient (Wildman–Crippen LogP) is 2.21. The number of rotatable bonds is 7. The Hall–Kier alpha value is -2.19. The number of carbonyl (C=O) groups excluding carboxylic acids is 1. The fraction of sp³-hybridized carbons (Fsp3) is 0.588. The van der Waals surface area contributed by atoms with E-state index in [1.54, 1.807) is 13.0 Å². The first kappa shape index (κ1) is 17.6. The van der Waals surface area contributed by atoms with Gasteiger partial charge in [0.15, 0.2) is 5.82 Å². The molecule has 8 nitrogen and oxygen atoms in total. The maximum Gasteiger partial charge on any atom is 0.226 e. The number of aryl methyl sites for hydroxylation is 3. The van der Waals surface area contributed by atoms with Gasteiger partial charge in [0.2, 0.25) is 5.91 Å². The van der Waals surface area contributed by atoms with Crippen LogP contribution in [0.2, 0.25) is 0 Å². The zero-order valence-electron chi connectivity index (χ0n) is 14.9. The minimum Gasteiger partial charge on any atom is -0.372 e. The molecular formula is C17H24N4O4. The summed E-state index contributed by atoms with van der Waals surface area (Å²) in [6.07, 6.45) is 1.56. The number of ether oxygens (including phenoxy) is 1. The molecule has 25 heavy (non-hydrogen) atoms. The van der Waals surface area contributed by atoms with E-state index in [0.29, 0.717) is 31.2 Å². The van der Waals surface area contributed by atoms with Gasteiger partial charge in [0.1, 0.15) is 11.5 Å². The fourth-order valence-electron chi connectivity index (χ4n) is 2.94. The van der Waals surface area contributed by atoms with Crippen molar-refractivity contribution >= 4 is 11.7 Å². The predicted molar refractivity (Wildman–Crippen MR) is 90.1 cm³/mol. The van der Waals surface area contributed by atoms with Gasteiger partial charge in [0.25, 0.3) is 0 Å². The summed E-state index contributed by atoms with van der Waals surface area (Å²) in [5, 5.41) is 10.4. The molecule has 1 aliphatic rings. The van der Waals surface area contributed by atoms with E-state index in [1.807, 2.05) is 13.8 Å². The van der Waals surface area contributed by atoms with Crippen LogP contribution in [0.5, 0.6) is 0 Å². The molecule has 1 amide bonds. The standard InChI is InChI=1S/C17H24N4O4/c1-11-8-16(20-24-11)18-17(22)5-7-21-6-4-14(9-21)23-10-15-12(2)19-25-13(15)3/h8,14H,4-7,9-10H2,1-3H3,(H,18,20,22). The number of nitrogens with one attached hydrogen (secondary N) is 1. The van der Waals surface area contributed by atoms with Crippen molar-refractivity contribution in [3.05, 3.63) is 28.8 Å². The molecule has 1 unspecified atom stereocenters. The molecule has 0 spiro atoms. The van der Waals surface area contributed by atoms with Crippen LogP contribution in [0.1, 0.15) is 35.6 Å². The summed E-state index contributed by atoms with van der Waals surface area (Å²) >= 11 is 0. The summed E-state index contributed by atoms with van der Waals surface area (Å²) < 4.78 is 16.1. The molecule has 136 valence electrons. The van der Waals surface area contributed by atoms with Crippen molar-refractivity contribution in [2.45, 2.75) is 46.3 Å². The summed E-state index contributed by atoms with van der Waals surface area (Å²) in [4.78, 5) is 14.2. The first-order valence-electron chi connectivity index (χ1n) is 8.50. The van der Waals surface area contributed by atoms with E-state index in [4.69, 9.17) is 13.8 Å². The molecule has 0 bridgehead atoms. The van der Waals surface area contributed by atoms with Gasteiger partial charge in [0, 0.05) is 37.7 Å². The average molecular weight is 348 g/mol. The number of amides is 1. The molecule has 2 aromatic heterocycles. The van der Waals surface area contributed by atoms with Gasteiger partial charge < -0.3 is 24.0 Å². The topological polar surface area (TPSA) is 93.6 Å². The Balaban J connectivity index is 1.37. The molecular weight excluding hydrogens is 324 g/mol. The molecule has 1 fully saturated rings. The van der Waals surface area contributed by atoms with E-state index in [0.717, 1.165) is 36.5 Å². The van der Waals surface area contributed by atoms with E-state index < -0.39 is 0 Å². The lowest BCUT2D eigenvalue weighted by Crippen LogP contribution is -2.27. The Labute approximate surface area is 146 Å². The number of nitrogens with zero attached hydrogens (tertiary/aromatic N) is 3. The Morgan fingerprint density at radius 1 is 1.36 bits per heavy atom. The van der Waals surface area contributed by atoms with Crippen molar-refractivity contribution in [1.82, 2.24) is 15.2 Å². The second-order valence-corrected chi connectivity index (χ2v) is 6.45. The van der Waals surface area contributed by atoms with Crippen LogP contribution >= 0.6 is 0 Å². The van der Waals surface area contributed by atoms with Crippen molar-refractivity contribution in [2.24, 2.45) is 0 Å². The number of aromatic nitrogens is 2. The van der Waals surface area contributed by atoms with Gasteiger partial charge >= 0.3 is 0 Å². The molecule has 2 aromatic rings. The van der Waals surface area contributed by atoms with Crippen LogP contribution in [0.15, 0.2) is 15.1 Å². The number of hydrogen-bond acceptors (Lipinski definition) is 7. The lowest BCUT2D eigenvalue weighted by Gasteiger charge is -2.15. The Kier molecular flexibility index (Phi) is 5.50. The molecule has 0 aromatic carbocycles. The summed E-state index contributed by atoms with van der Waals surface area (Å²) in [6, 6.07) is 1.70. The minimum absolute atomic E-state index is 0.0617. The highest BCUT2D eigenvalue weighted by Crippen LogP contribution is 2.18. The maximum absolute atomic E-state index is 11.9. The lowest BCUT2D eigenvalue weighted by molar-refractivity contribution is -0.116. The number of likely N-dealkylation sites (tertiary alicyclic amines) is 1. The van der Waals surface area contributed by atoms with Gasteiger partial charge in [0.05, 0.1) is 18.4 Å². The quantitative estimate of drug-likeness (QED) is 0.820. The van der Waals surface area contributed by atoms with Crippen LogP contribution in [0.25, 0.3) is 0 Å². The number of hydrogen-bond donors (Lipinski definition) is 1. The first-order chi connectivity index (χ1) is 12.0. The van der Waals surface area contributed by atoms with E-state index in [1.165, 1.54) is 0 Å². The molecule has 0 aliphatic carbocycles. The van der Waals surface area contributed by atoms with Crippen LogP contribution in [0, 0.1) is 20.8 Å². The molecule has 1 atom stereocenters. The highest BCUT2D eigenvalue weighted by atomic mass is 16.5. The Bertz CT molecular complexity index is 705. The summed E-state index contributed by atoms with van der Waals surface area (Å²) in [5.41, 5.74) is 1.91. The summed E-state index contributed by atoms with van der Waals surface area (Å²) in [5.74, 6) is 1.89. The number of anilines is 1. The van der Waals surface area contributed by atoms with Crippen molar-refractivity contribution < 1.29 is 18.6 Å². The highest BCUT2D eigenvalue weighted by Gasteiger charge is 2.24. The van der Waals surface area contributed by atoms with Gasteiger partial charge in [-0.05, 0) is 27.2 Å². The SMILES string of the molecule is Cc1cc(NC(=O)CCN2CCC(OCc3c(C)noc3C)C2)no1. The van der Waals surface area contributed by atoms with Crippen molar-refractivity contribution in [2.75, 3.05) is 25.0 Å². The lowest BCUT2D eigenvalue weighted by atomic mass is 10.2. The minimum atomic E-state index is -0.0617. The van der Waals surface area contributed by atoms with Crippen molar-refractivity contribution in [3.63, 3.8) is 0 Å². The molecule has 8 heteroatoms. The van der Waals surface area contributed by atoms with Crippen LogP contribution in [0.4, 0.5) is 5.82 Å². The monoisotopic (exact) mass is 348 g/mol. The van der Waals surface area contributed by atoms with Crippen molar-refractivity contribution in [1.29, 1.82) is 0 Å². The second kappa shape index (κ2) is 7.79. The van der Waals surface area contributed by atoms with Gasteiger partial charge in [-0.1, -0.05) is 10.3 Å². The molecule has 0 saturated carbocycles. The zero-order valence-corrected chi connectivity index (χ0v) is 14.9. The van der Waals surface area contributed by atoms with Crippen LogP contribution in [-0.4, -0.2) is 46.9 Å². The zero-order chi connectivity index (χ0) is 17.8. The van der Waals surface area contributed by atoms with Crippen LogP contribution in [-0.2, 0) is 16.1 Å². The Morgan fingerprint density at radius 3 is 2.88 bits per heavy atom. The average Bonchev–Trinajstić information content (AvgIpc) is 3.27. The Morgan fingerprint density at radius 2 is 2.20 bits per heavy atom. The third-order valence-corrected chi connectivity index (χ3v) is 4.42. The number of carbonyl (C=O) groups is 1. The third-order valence-electron chi connectivity index (χ3n) is 4.42. The normalized spacial score (nSPS) is 18.0. The third kappa shape index (κ3) is 4.67. The molecule has 3 rings (SSSR count). The summed E-state index contributed by atoms with van der Waals surface area (Å²) in [7, 11) is 0. The van der Waals surface area contributed by atoms with Crippen LogP contribution in [0.3, 0.4) is 0 Å². The van der Waals surface area contributed by atoms with Crippen LogP contribution < -0.4 is 5.32 Å². The van der Waals surface area contributed by atoms with E-state index in [-0.39, 0.29) is 12.0 Å². The maximum atomic E-state index is 11.9. The smallest absolute Gasteiger partial charge is 0.226 e. The van der Waals surface area contributed by atoms with Crippen molar-refractivity contribution in [3.8, 4) is 0 Å². The molecule has 0 radical (unpaired) electrons. The molecule has 1 aliphatic heterocycles. The van der Waals surface area contributed by atoms with Gasteiger partial charge in [-0.25, -0.2) is 0 Å². The first-order valence-corrected chi connectivity index (χ1v) is 8.50. The molecule has 1 N–H and O–H groups in total. The second-order valence-electron chi connectivity index (χ2n) is 6.45. The fourth-order valence-corrected chi connectivity index (χ4v) is 2.94. The van der Waals surface area contributed by atoms with E-state index in [2.05, 4.69) is 20.5 Å². The van der Waals surface area contributed by atoms with Gasteiger partial charge in [-0.2, -0.15) is 0 Å². The summed E-state index contributed by atoms with van der Waals surface area (Å²) in [6.45, 7) is 8.59. The molecule has 3 heterocycles. The van der Waals surface area contributed by atoms with Gasteiger partial charge in [-0.15, -0.1) is 0 Å². The van der Waals surface area contributed by atoms with Gasteiger partial charge in [-0.3, -0.25) is 4.79 Å².